The van der Waals surface area contributed by atoms with Gasteiger partial charge in [0.15, 0.2) is 0 Å². The van der Waals surface area contributed by atoms with E-state index in [0.29, 0.717) is 6.04 Å². The predicted octanol–water partition coefficient (Wildman–Crippen LogP) is 2.38. The molecule has 0 aromatic heterocycles. The molecule has 1 atom stereocenters. The van der Waals surface area contributed by atoms with Crippen LogP contribution in [-0.2, 0) is 6.54 Å². The highest BCUT2D eigenvalue weighted by Gasteiger charge is 2.16. The van der Waals surface area contributed by atoms with Crippen LogP contribution in [0, 0.1) is 0 Å². The molecule has 1 aliphatic heterocycles. The Labute approximate surface area is 111 Å². The number of ether oxygens (including phenoxy) is 1. The second-order valence-electron chi connectivity index (χ2n) is 4.61. The Morgan fingerprint density at radius 3 is 3.00 bits per heavy atom. The van der Waals surface area contributed by atoms with Crippen LogP contribution in [0.25, 0.3) is 0 Å². The van der Waals surface area contributed by atoms with Crippen LogP contribution in [0.1, 0.15) is 18.4 Å². The molecule has 17 heavy (non-hydrogen) atoms. The Kier molecular flexibility index (Phi) is 4.42. The van der Waals surface area contributed by atoms with E-state index in [2.05, 4.69) is 33.0 Å². The summed E-state index contributed by atoms with van der Waals surface area (Å²) in [5.41, 5.74) is 7.28. The fourth-order valence-corrected chi connectivity index (χ4v) is 2.89. The summed E-state index contributed by atoms with van der Waals surface area (Å²) in [7, 11) is 1.68. The van der Waals surface area contributed by atoms with Crippen molar-refractivity contribution >= 4 is 15.9 Å². The average molecular weight is 299 g/mol. The molecule has 2 N–H and O–H groups in total. The topological polar surface area (TPSA) is 38.5 Å². The van der Waals surface area contributed by atoms with Crippen LogP contribution in [0.15, 0.2) is 22.7 Å². The van der Waals surface area contributed by atoms with E-state index < -0.39 is 0 Å². The number of nitrogens with zero attached hydrogens (tertiary/aromatic N) is 1. The van der Waals surface area contributed by atoms with Crippen LogP contribution in [-0.4, -0.2) is 31.1 Å². The molecule has 0 amide bonds. The van der Waals surface area contributed by atoms with E-state index >= 15 is 0 Å². The predicted molar refractivity (Wildman–Crippen MR) is 73.2 cm³/mol. The van der Waals surface area contributed by atoms with E-state index in [1.54, 1.807) is 7.11 Å². The van der Waals surface area contributed by atoms with Crippen molar-refractivity contribution in [2.24, 2.45) is 5.73 Å². The minimum absolute atomic E-state index is 0.338. The lowest BCUT2D eigenvalue weighted by Crippen LogP contribution is -2.42. The highest BCUT2D eigenvalue weighted by molar-refractivity contribution is 9.10. The molecular weight excluding hydrogens is 280 g/mol. The lowest BCUT2D eigenvalue weighted by atomic mass is 10.1. The quantitative estimate of drug-likeness (QED) is 0.931. The van der Waals surface area contributed by atoms with Gasteiger partial charge in [0.1, 0.15) is 5.75 Å². The van der Waals surface area contributed by atoms with Crippen LogP contribution < -0.4 is 10.5 Å². The van der Waals surface area contributed by atoms with E-state index in [9.17, 15) is 0 Å². The summed E-state index contributed by atoms with van der Waals surface area (Å²) in [6.45, 7) is 3.12. The summed E-state index contributed by atoms with van der Waals surface area (Å²) in [4.78, 5) is 2.42. The monoisotopic (exact) mass is 298 g/mol. The summed E-state index contributed by atoms with van der Waals surface area (Å²) < 4.78 is 6.24. The first-order valence-corrected chi connectivity index (χ1v) is 6.78. The van der Waals surface area contributed by atoms with E-state index in [1.807, 2.05) is 6.07 Å². The summed E-state index contributed by atoms with van der Waals surface area (Å²) in [5, 5.41) is 0. The van der Waals surface area contributed by atoms with Gasteiger partial charge in [-0.2, -0.15) is 0 Å². The summed E-state index contributed by atoms with van der Waals surface area (Å²) in [6, 6.07) is 6.58. The molecule has 94 valence electrons. The highest BCUT2D eigenvalue weighted by atomic mass is 79.9. The zero-order chi connectivity index (χ0) is 12.3. The van der Waals surface area contributed by atoms with E-state index in [-0.39, 0.29) is 0 Å². The number of methoxy groups -OCH3 is 1. The summed E-state index contributed by atoms with van der Waals surface area (Å²) in [5.74, 6) is 0.879. The fraction of sp³-hybridized carbons (Fsp3) is 0.538. The smallest absolute Gasteiger partial charge is 0.133 e. The van der Waals surface area contributed by atoms with Crippen molar-refractivity contribution in [3.8, 4) is 5.75 Å². The Balaban J connectivity index is 2.00. The van der Waals surface area contributed by atoms with Crippen LogP contribution in [0.5, 0.6) is 5.75 Å². The maximum atomic E-state index is 5.98. The maximum Gasteiger partial charge on any atom is 0.133 e. The molecule has 1 heterocycles. The average Bonchev–Trinajstić information content (AvgIpc) is 2.29. The van der Waals surface area contributed by atoms with Gasteiger partial charge in [0.25, 0.3) is 0 Å². The number of halogens is 1. The molecular formula is C13H19BrN2O. The van der Waals surface area contributed by atoms with Gasteiger partial charge in [0.05, 0.1) is 11.6 Å². The van der Waals surface area contributed by atoms with Gasteiger partial charge in [-0.1, -0.05) is 6.07 Å². The number of rotatable bonds is 3. The van der Waals surface area contributed by atoms with Gasteiger partial charge in [-0.15, -0.1) is 0 Å². The molecule has 1 unspecified atom stereocenters. The van der Waals surface area contributed by atoms with Crippen LogP contribution in [0.3, 0.4) is 0 Å². The highest BCUT2D eigenvalue weighted by Crippen LogP contribution is 2.26. The maximum absolute atomic E-state index is 5.98. The number of nitrogens with two attached hydrogens (primary N) is 1. The van der Waals surface area contributed by atoms with Gasteiger partial charge in [0, 0.05) is 19.1 Å². The molecule has 1 aromatic carbocycles. The van der Waals surface area contributed by atoms with Crippen molar-refractivity contribution in [1.82, 2.24) is 4.90 Å². The van der Waals surface area contributed by atoms with Crippen molar-refractivity contribution in [2.45, 2.75) is 25.4 Å². The molecule has 3 nitrogen and oxygen atoms in total. The molecule has 0 aliphatic carbocycles. The SMILES string of the molecule is COc1ccc(CN2CCCC(N)C2)cc1Br. The molecule has 0 radical (unpaired) electrons. The first kappa shape index (κ1) is 12.9. The van der Waals surface area contributed by atoms with Crippen LogP contribution in [0.2, 0.25) is 0 Å². The number of benzene rings is 1. The van der Waals surface area contributed by atoms with Crippen molar-refractivity contribution in [1.29, 1.82) is 0 Å². The Bertz CT molecular complexity index is 384. The lowest BCUT2D eigenvalue weighted by molar-refractivity contribution is 0.201. The van der Waals surface area contributed by atoms with Crippen molar-refractivity contribution in [3.05, 3.63) is 28.2 Å². The summed E-state index contributed by atoms with van der Waals surface area (Å²) >= 11 is 3.52. The molecule has 2 rings (SSSR count). The van der Waals surface area contributed by atoms with Gasteiger partial charge in [-0.25, -0.2) is 0 Å². The number of hydrogen-bond acceptors (Lipinski definition) is 3. The van der Waals surface area contributed by atoms with Gasteiger partial charge in [-0.3, -0.25) is 4.90 Å². The van der Waals surface area contributed by atoms with Crippen molar-refractivity contribution < 1.29 is 4.74 Å². The van der Waals surface area contributed by atoms with Gasteiger partial charge in [-0.05, 0) is 53.0 Å². The second kappa shape index (κ2) is 5.85. The first-order chi connectivity index (χ1) is 8.19. The Morgan fingerprint density at radius 2 is 2.35 bits per heavy atom. The first-order valence-electron chi connectivity index (χ1n) is 5.99. The van der Waals surface area contributed by atoms with Crippen LogP contribution >= 0.6 is 15.9 Å². The van der Waals surface area contributed by atoms with Gasteiger partial charge in [0.2, 0.25) is 0 Å². The lowest BCUT2D eigenvalue weighted by Gasteiger charge is -2.30. The third-order valence-corrected chi connectivity index (χ3v) is 3.78. The summed E-state index contributed by atoms with van der Waals surface area (Å²) in [6.07, 6.45) is 2.36. The van der Waals surface area contributed by atoms with Crippen molar-refractivity contribution in [3.63, 3.8) is 0 Å². The third kappa shape index (κ3) is 3.44. The number of hydrogen-bond donors (Lipinski definition) is 1. The van der Waals surface area contributed by atoms with E-state index in [1.165, 1.54) is 12.0 Å². The Hall–Kier alpha value is -0.580. The molecule has 4 heteroatoms. The van der Waals surface area contributed by atoms with Gasteiger partial charge < -0.3 is 10.5 Å². The zero-order valence-corrected chi connectivity index (χ0v) is 11.7. The zero-order valence-electron chi connectivity index (χ0n) is 10.2. The molecule has 1 aromatic rings. The van der Waals surface area contributed by atoms with Crippen molar-refractivity contribution in [2.75, 3.05) is 20.2 Å². The minimum Gasteiger partial charge on any atom is -0.496 e. The van der Waals surface area contributed by atoms with Gasteiger partial charge >= 0.3 is 0 Å². The number of likely N-dealkylation sites (tertiary alicyclic amines) is 1. The van der Waals surface area contributed by atoms with Crippen LogP contribution in [0.4, 0.5) is 0 Å². The largest absolute Gasteiger partial charge is 0.496 e. The fourth-order valence-electron chi connectivity index (χ4n) is 2.30. The molecule has 0 bridgehead atoms. The standard InChI is InChI=1S/C13H19BrN2O/c1-17-13-5-4-10(7-12(13)14)8-16-6-2-3-11(15)9-16/h4-5,7,11H,2-3,6,8-9,15H2,1H3. The minimum atomic E-state index is 0.338. The second-order valence-corrected chi connectivity index (χ2v) is 5.46. The Morgan fingerprint density at radius 1 is 1.53 bits per heavy atom. The molecule has 1 aliphatic rings. The van der Waals surface area contributed by atoms with E-state index in [4.69, 9.17) is 10.5 Å². The molecule has 0 spiro atoms. The third-order valence-electron chi connectivity index (χ3n) is 3.16. The normalized spacial score (nSPS) is 21.5. The molecule has 1 fully saturated rings. The van der Waals surface area contributed by atoms with E-state index in [0.717, 1.165) is 36.3 Å². The molecule has 0 saturated carbocycles. The molecule has 1 saturated heterocycles. The number of piperidine rings is 1.